The predicted molar refractivity (Wildman–Crippen MR) is 69.1 cm³/mol. The van der Waals surface area contributed by atoms with Crippen LogP contribution in [0.2, 0.25) is 0 Å². The summed E-state index contributed by atoms with van der Waals surface area (Å²) >= 11 is 0. The number of halogens is 1. The standard InChI is InChI=1S/C14H21FN2/c1-2-6-14(7-8-14)10-17-9-11-4-3-5-12(15)13(11)16/h3-5,17H,2,6-10,16H2,1H3. The van der Waals surface area contributed by atoms with Crippen molar-refractivity contribution in [2.75, 3.05) is 12.3 Å². The summed E-state index contributed by atoms with van der Waals surface area (Å²) in [6.07, 6.45) is 5.18. The van der Waals surface area contributed by atoms with Crippen molar-refractivity contribution in [2.24, 2.45) is 5.41 Å². The summed E-state index contributed by atoms with van der Waals surface area (Å²) < 4.78 is 13.2. The second kappa shape index (κ2) is 5.05. The van der Waals surface area contributed by atoms with Gasteiger partial charge in [0.1, 0.15) is 5.82 Å². The van der Waals surface area contributed by atoms with Gasteiger partial charge in [-0.05, 0) is 36.3 Å². The molecule has 0 heterocycles. The second-order valence-corrected chi connectivity index (χ2v) is 5.17. The first-order valence-corrected chi connectivity index (χ1v) is 6.40. The fraction of sp³-hybridized carbons (Fsp3) is 0.571. The molecule has 1 aliphatic carbocycles. The average Bonchev–Trinajstić information content (AvgIpc) is 3.05. The van der Waals surface area contributed by atoms with E-state index >= 15 is 0 Å². The summed E-state index contributed by atoms with van der Waals surface area (Å²) in [5, 5.41) is 3.41. The van der Waals surface area contributed by atoms with Crippen LogP contribution in [0, 0.1) is 11.2 Å². The number of para-hydroxylation sites is 1. The van der Waals surface area contributed by atoms with Crippen molar-refractivity contribution in [2.45, 2.75) is 39.2 Å². The van der Waals surface area contributed by atoms with Crippen LogP contribution in [-0.2, 0) is 6.54 Å². The Hall–Kier alpha value is -1.09. The molecule has 0 aliphatic heterocycles. The van der Waals surface area contributed by atoms with Crippen molar-refractivity contribution in [3.8, 4) is 0 Å². The van der Waals surface area contributed by atoms with Crippen molar-refractivity contribution < 1.29 is 4.39 Å². The number of rotatable bonds is 6. The fourth-order valence-electron chi connectivity index (χ4n) is 2.42. The zero-order chi connectivity index (χ0) is 12.3. The van der Waals surface area contributed by atoms with E-state index in [0.717, 1.165) is 12.1 Å². The van der Waals surface area contributed by atoms with Gasteiger partial charge >= 0.3 is 0 Å². The van der Waals surface area contributed by atoms with Crippen molar-refractivity contribution >= 4 is 5.69 Å². The van der Waals surface area contributed by atoms with E-state index in [9.17, 15) is 4.39 Å². The Morgan fingerprint density at radius 2 is 2.18 bits per heavy atom. The lowest BCUT2D eigenvalue weighted by atomic mass is 10.0. The third-order valence-corrected chi connectivity index (χ3v) is 3.70. The van der Waals surface area contributed by atoms with E-state index < -0.39 is 0 Å². The smallest absolute Gasteiger partial charge is 0.146 e. The highest BCUT2D eigenvalue weighted by Gasteiger charge is 2.40. The SMILES string of the molecule is CCCC1(CNCc2cccc(F)c2N)CC1. The van der Waals surface area contributed by atoms with Crippen LogP contribution in [0.1, 0.15) is 38.2 Å². The van der Waals surface area contributed by atoms with Crippen LogP contribution < -0.4 is 11.1 Å². The molecule has 2 rings (SSSR count). The third-order valence-electron chi connectivity index (χ3n) is 3.70. The van der Waals surface area contributed by atoms with Gasteiger partial charge in [0.05, 0.1) is 5.69 Å². The van der Waals surface area contributed by atoms with E-state index in [4.69, 9.17) is 5.73 Å². The van der Waals surface area contributed by atoms with Gasteiger partial charge in [-0.25, -0.2) is 4.39 Å². The maximum Gasteiger partial charge on any atom is 0.146 e. The first kappa shape index (κ1) is 12.4. The number of benzene rings is 1. The summed E-state index contributed by atoms with van der Waals surface area (Å²) in [4.78, 5) is 0. The van der Waals surface area contributed by atoms with Crippen LogP contribution in [-0.4, -0.2) is 6.54 Å². The lowest BCUT2D eigenvalue weighted by Gasteiger charge is -2.15. The molecule has 94 valence electrons. The molecule has 0 radical (unpaired) electrons. The maximum absolute atomic E-state index is 13.2. The molecule has 0 aromatic heterocycles. The molecule has 1 fully saturated rings. The zero-order valence-corrected chi connectivity index (χ0v) is 10.4. The Bertz CT molecular complexity index is 386. The molecule has 1 saturated carbocycles. The van der Waals surface area contributed by atoms with Crippen LogP contribution in [0.25, 0.3) is 0 Å². The lowest BCUT2D eigenvalue weighted by molar-refractivity contribution is 0.421. The molecule has 2 nitrogen and oxygen atoms in total. The van der Waals surface area contributed by atoms with Crippen molar-refractivity contribution in [1.29, 1.82) is 0 Å². The van der Waals surface area contributed by atoms with Crippen molar-refractivity contribution in [1.82, 2.24) is 5.32 Å². The summed E-state index contributed by atoms with van der Waals surface area (Å²) in [7, 11) is 0. The van der Waals surface area contributed by atoms with Gasteiger partial charge in [0.15, 0.2) is 0 Å². The van der Waals surface area contributed by atoms with Gasteiger partial charge < -0.3 is 11.1 Å². The average molecular weight is 236 g/mol. The van der Waals surface area contributed by atoms with Gasteiger partial charge in [-0.2, -0.15) is 0 Å². The molecule has 0 unspecified atom stereocenters. The Labute approximate surface area is 102 Å². The van der Waals surface area contributed by atoms with Crippen LogP contribution in [0.15, 0.2) is 18.2 Å². The predicted octanol–water partition coefficient (Wildman–Crippen LogP) is 3.08. The highest BCUT2D eigenvalue weighted by molar-refractivity contribution is 5.47. The van der Waals surface area contributed by atoms with Gasteiger partial charge in [-0.3, -0.25) is 0 Å². The highest BCUT2D eigenvalue weighted by atomic mass is 19.1. The molecule has 3 heteroatoms. The molecule has 0 amide bonds. The summed E-state index contributed by atoms with van der Waals surface area (Å²) in [5.74, 6) is -0.320. The van der Waals surface area contributed by atoms with Crippen LogP contribution in [0.4, 0.5) is 10.1 Å². The van der Waals surface area contributed by atoms with Gasteiger partial charge in [0.2, 0.25) is 0 Å². The number of nitrogen functional groups attached to an aromatic ring is 1. The van der Waals surface area contributed by atoms with Gasteiger partial charge in [-0.15, -0.1) is 0 Å². The zero-order valence-electron chi connectivity index (χ0n) is 10.4. The highest BCUT2D eigenvalue weighted by Crippen LogP contribution is 2.48. The van der Waals surface area contributed by atoms with Crippen LogP contribution in [0.3, 0.4) is 0 Å². The minimum atomic E-state index is -0.320. The van der Waals surface area contributed by atoms with Gasteiger partial charge in [-0.1, -0.05) is 25.5 Å². The molecule has 0 atom stereocenters. The van der Waals surface area contributed by atoms with E-state index in [1.165, 1.54) is 31.7 Å². The first-order valence-electron chi connectivity index (χ1n) is 6.40. The Morgan fingerprint density at radius 3 is 2.82 bits per heavy atom. The molecule has 0 saturated heterocycles. The van der Waals surface area contributed by atoms with Crippen molar-refractivity contribution in [3.05, 3.63) is 29.6 Å². The summed E-state index contributed by atoms with van der Waals surface area (Å²) in [6, 6.07) is 4.99. The van der Waals surface area contributed by atoms with E-state index in [0.29, 0.717) is 12.0 Å². The molecule has 1 aromatic carbocycles. The van der Waals surface area contributed by atoms with E-state index in [-0.39, 0.29) is 11.5 Å². The molecule has 3 N–H and O–H groups in total. The molecule has 1 aliphatic rings. The Morgan fingerprint density at radius 1 is 1.41 bits per heavy atom. The second-order valence-electron chi connectivity index (χ2n) is 5.17. The molecule has 0 bridgehead atoms. The van der Waals surface area contributed by atoms with E-state index in [2.05, 4.69) is 12.2 Å². The van der Waals surface area contributed by atoms with Gasteiger partial charge in [0.25, 0.3) is 0 Å². The molecule has 1 aromatic rings. The van der Waals surface area contributed by atoms with E-state index in [1.54, 1.807) is 6.07 Å². The number of hydrogen-bond donors (Lipinski definition) is 2. The van der Waals surface area contributed by atoms with Crippen molar-refractivity contribution in [3.63, 3.8) is 0 Å². The molecule has 0 spiro atoms. The largest absolute Gasteiger partial charge is 0.396 e. The summed E-state index contributed by atoms with van der Waals surface area (Å²) in [6.45, 7) is 3.91. The normalized spacial score (nSPS) is 17.1. The van der Waals surface area contributed by atoms with Crippen LogP contribution >= 0.6 is 0 Å². The van der Waals surface area contributed by atoms with Crippen LogP contribution in [0.5, 0.6) is 0 Å². The number of anilines is 1. The number of hydrogen-bond acceptors (Lipinski definition) is 2. The first-order chi connectivity index (χ1) is 8.17. The monoisotopic (exact) mass is 236 g/mol. The topological polar surface area (TPSA) is 38.0 Å². The third kappa shape index (κ3) is 2.97. The molecular weight excluding hydrogens is 215 g/mol. The fourth-order valence-corrected chi connectivity index (χ4v) is 2.42. The Balaban J connectivity index is 1.84. The molecule has 17 heavy (non-hydrogen) atoms. The number of nitrogens with two attached hydrogens (primary N) is 1. The maximum atomic E-state index is 13.2. The number of nitrogens with one attached hydrogen (secondary N) is 1. The summed E-state index contributed by atoms with van der Waals surface area (Å²) in [5.41, 5.74) is 7.35. The van der Waals surface area contributed by atoms with E-state index in [1.807, 2.05) is 6.07 Å². The molecular formula is C14H21FN2. The minimum Gasteiger partial charge on any atom is -0.396 e. The van der Waals surface area contributed by atoms with Gasteiger partial charge in [0, 0.05) is 13.1 Å². The minimum absolute atomic E-state index is 0.278. The quantitative estimate of drug-likeness (QED) is 0.745. The Kier molecular flexibility index (Phi) is 3.67. The lowest BCUT2D eigenvalue weighted by Crippen LogP contribution is -2.24.